The van der Waals surface area contributed by atoms with Crippen LogP contribution in [0, 0.1) is 5.92 Å². The van der Waals surface area contributed by atoms with E-state index in [4.69, 9.17) is 13.9 Å². The largest absolute Gasteiger partial charge is 0.461 e. The number of methoxy groups -OCH3 is 1. The van der Waals surface area contributed by atoms with Crippen molar-refractivity contribution in [2.24, 2.45) is 5.92 Å². The van der Waals surface area contributed by atoms with Crippen LogP contribution < -0.4 is 10.6 Å². The van der Waals surface area contributed by atoms with Crippen molar-refractivity contribution in [2.75, 3.05) is 13.7 Å². The third-order valence-corrected chi connectivity index (χ3v) is 3.44. The molecule has 27 heavy (non-hydrogen) atoms. The zero-order chi connectivity index (χ0) is 20.6. The molecule has 152 valence electrons. The second kappa shape index (κ2) is 10.1. The van der Waals surface area contributed by atoms with Crippen LogP contribution in [-0.2, 0) is 14.3 Å². The molecule has 2 amide bonds. The fraction of sp³-hybridized carbons (Fsp3) is 0.632. The van der Waals surface area contributed by atoms with Gasteiger partial charge >= 0.3 is 6.09 Å². The van der Waals surface area contributed by atoms with Crippen molar-refractivity contribution in [3.05, 3.63) is 24.2 Å². The van der Waals surface area contributed by atoms with Crippen LogP contribution in [0.3, 0.4) is 0 Å². The molecule has 8 heteroatoms. The van der Waals surface area contributed by atoms with E-state index < -0.39 is 29.7 Å². The zero-order valence-corrected chi connectivity index (χ0v) is 16.8. The number of hydrogen-bond acceptors (Lipinski definition) is 6. The minimum atomic E-state index is -0.996. The number of furan rings is 1. The van der Waals surface area contributed by atoms with Crippen LogP contribution in [0.2, 0.25) is 0 Å². The van der Waals surface area contributed by atoms with Crippen LogP contribution in [0.4, 0.5) is 4.79 Å². The average Bonchev–Trinajstić information content (AvgIpc) is 3.05. The van der Waals surface area contributed by atoms with Crippen molar-refractivity contribution in [3.8, 4) is 0 Å². The quantitative estimate of drug-likeness (QED) is 0.636. The lowest BCUT2D eigenvalue weighted by molar-refractivity contribution is -0.125. The number of carbonyl (C=O) groups excluding carboxylic acids is 3. The molecule has 0 saturated carbocycles. The Labute approximate surface area is 160 Å². The lowest BCUT2D eigenvalue weighted by atomic mass is 9.98. The summed E-state index contributed by atoms with van der Waals surface area (Å²) in [5.74, 6) is -0.526. The average molecular weight is 382 g/mol. The molecule has 0 spiro atoms. The molecule has 1 aromatic rings. The monoisotopic (exact) mass is 382 g/mol. The molecular weight excluding hydrogens is 352 g/mol. The lowest BCUT2D eigenvalue weighted by Gasteiger charge is -2.25. The summed E-state index contributed by atoms with van der Waals surface area (Å²) in [6, 6.07) is 1.39. The summed E-state index contributed by atoms with van der Waals surface area (Å²) < 4.78 is 15.3. The van der Waals surface area contributed by atoms with Gasteiger partial charge in [-0.1, -0.05) is 13.8 Å². The Morgan fingerprint density at radius 2 is 1.81 bits per heavy atom. The summed E-state index contributed by atoms with van der Waals surface area (Å²) in [4.78, 5) is 37.3. The first kappa shape index (κ1) is 22.7. The number of Topliss-reactive ketones (excluding diaryl/α,β-unsaturated/α-hetero) is 1. The molecule has 0 bridgehead atoms. The standard InChI is InChI=1S/C19H30N2O6/c1-12(2)10-13(16(22)15-8-7-9-26-15)20-17(23)14(11-25-6)21-18(24)27-19(3,4)5/h7-9,12-14H,10-11H2,1-6H3,(H,20,23)(H,21,24)/t13-,14-/m0/s1. The van der Waals surface area contributed by atoms with Crippen molar-refractivity contribution in [1.82, 2.24) is 10.6 Å². The van der Waals surface area contributed by atoms with Gasteiger partial charge in [0.2, 0.25) is 11.7 Å². The summed E-state index contributed by atoms with van der Waals surface area (Å²) in [7, 11) is 1.41. The van der Waals surface area contributed by atoms with Crippen LogP contribution >= 0.6 is 0 Å². The van der Waals surface area contributed by atoms with Gasteiger partial charge in [0.25, 0.3) is 0 Å². The smallest absolute Gasteiger partial charge is 0.408 e. The maximum absolute atomic E-state index is 12.7. The van der Waals surface area contributed by atoms with Crippen LogP contribution in [0.5, 0.6) is 0 Å². The molecule has 1 heterocycles. The molecule has 8 nitrogen and oxygen atoms in total. The molecule has 1 aromatic heterocycles. The van der Waals surface area contributed by atoms with E-state index in [1.54, 1.807) is 32.9 Å². The van der Waals surface area contributed by atoms with E-state index in [2.05, 4.69) is 10.6 Å². The van der Waals surface area contributed by atoms with Gasteiger partial charge in [-0.2, -0.15) is 0 Å². The van der Waals surface area contributed by atoms with E-state index >= 15 is 0 Å². The highest BCUT2D eigenvalue weighted by molar-refractivity contribution is 6.00. The van der Waals surface area contributed by atoms with E-state index in [1.165, 1.54) is 13.4 Å². The highest BCUT2D eigenvalue weighted by atomic mass is 16.6. The van der Waals surface area contributed by atoms with Crippen LogP contribution in [0.15, 0.2) is 22.8 Å². The fourth-order valence-corrected chi connectivity index (χ4v) is 2.37. The van der Waals surface area contributed by atoms with Gasteiger partial charge in [0.15, 0.2) is 5.76 Å². The van der Waals surface area contributed by atoms with Crippen LogP contribution in [0.1, 0.15) is 51.6 Å². The number of alkyl carbamates (subject to hydrolysis) is 1. The van der Waals surface area contributed by atoms with Crippen LogP contribution in [-0.4, -0.2) is 49.2 Å². The van der Waals surface area contributed by atoms with E-state index in [1.807, 2.05) is 13.8 Å². The lowest BCUT2D eigenvalue weighted by Crippen LogP contribution is -2.54. The Morgan fingerprint density at radius 3 is 2.30 bits per heavy atom. The third-order valence-electron chi connectivity index (χ3n) is 3.44. The second-order valence-corrected chi connectivity index (χ2v) is 7.69. The summed E-state index contributed by atoms with van der Waals surface area (Å²) in [6.45, 7) is 8.99. The molecule has 0 aliphatic carbocycles. The molecule has 0 radical (unpaired) electrons. The summed E-state index contributed by atoms with van der Waals surface area (Å²) in [5.41, 5.74) is -0.701. The predicted molar refractivity (Wildman–Crippen MR) is 99.5 cm³/mol. The SMILES string of the molecule is COC[C@H](NC(=O)OC(C)(C)C)C(=O)N[C@@H](CC(C)C)C(=O)c1ccco1. The molecule has 1 rings (SSSR count). The summed E-state index contributed by atoms with van der Waals surface area (Å²) in [5, 5.41) is 5.16. The zero-order valence-electron chi connectivity index (χ0n) is 16.8. The van der Waals surface area contributed by atoms with Gasteiger partial charge < -0.3 is 24.5 Å². The van der Waals surface area contributed by atoms with Crippen molar-refractivity contribution in [1.29, 1.82) is 0 Å². The topological polar surface area (TPSA) is 107 Å². The predicted octanol–water partition coefficient (Wildman–Crippen LogP) is 2.53. The fourth-order valence-electron chi connectivity index (χ4n) is 2.37. The number of ketones is 1. The maximum Gasteiger partial charge on any atom is 0.408 e. The highest BCUT2D eigenvalue weighted by Gasteiger charge is 2.30. The maximum atomic E-state index is 12.7. The van der Waals surface area contributed by atoms with E-state index in [0.717, 1.165) is 0 Å². The van der Waals surface area contributed by atoms with Gasteiger partial charge in [-0.3, -0.25) is 9.59 Å². The molecular formula is C19H30N2O6. The minimum Gasteiger partial charge on any atom is -0.461 e. The first-order valence-electron chi connectivity index (χ1n) is 8.90. The Balaban J connectivity index is 2.85. The highest BCUT2D eigenvalue weighted by Crippen LogP contribution is 2.13. The molecule has 0 aliphatic rings. The van der Waals surface area contributed by atoms with Crippen molar-refractivity contribution >= 4 is 17.8 Å². The second-order valence-electron chi connectivity index (χ2n) is 7.69. The number of amides is 2. The normalized spacial score (nSPS) is 13.7. The van der Waals surface area contributed by atoms with Gasteiger partial charge in [0.1, 0.15) is 11.6 Å². The van der Waals surface area contributed by atoms with Crippen molar-refractivity contribution in [3.63, 3.8) is 0 Å². The van der Waals surface area contributed by atoms with Crippen molar-refractivity contribution < 1.29 is 28.3 Å². The Kier molecular flexibility index (Phi) is 8.49. The van der Waals surface area contributed by atoms with Crippen LogP contribution in [0.25, 0.3) is 0 Å². The summed E-state index contributed by atoms with van der Waals surface area (Å²) >= 11 is 0. The molecule has 2 atom stereocenters. The molecule has 2 N–H and O–H groups in total. The molecule has 0 unspecified atom stereocenters. The third kappa shape index (κ3) is 8.25. The van der Waals surface area contributed by atoms with Gasteiger partial charge in [-0.25, -0.2) is 4.79 Å². The summed E-state index contributed by atoms with van der Waals surface area (Å²) in [6.07, 6.45) is 1.09. The molecule has 0 fully saturated rings. The Morgan fingerprint density at radius 1 is 1.15 bits per heavy atom. The molecule has 0 aromatic carbocycles. The Bertz CT molecular complexity index is 619. The van der Waals surface area contributed by atoms with Crippen molar-refractivity contribution in [2.45, 2.75) is 58.7 Å². The first-order valence-corrected chi connectivity index (χ1v) is 8.90. The number of hydrogen-bond donors (Lipinski definition) is 2. The number of carbonyl (C=O) groups is 3. The van der Waals surface area contributed by atoms with Gasteiger partial charge in [-0.05, 0) is 45.2 Å². The Hall–Kier alpha value is -2.35. The minimum absolute atomic E-state index is 0.0611. The van der Waals surface area contributed by atoms with Gasteiger partial charge in [-0.15, -0.1) is 0 Å². The van der Waals surface area contributed by atoms with E-state index in [9.17, 15) is 14.4 Å². The number of nitrogens with one attached hydrogen (secondary N) is 2. The molecule has 0 aliphatic heterocycles. The van der Waals surface area contributed by atoms with Gasteiger partial charge in [0.05, 0.1) is 18.9 Å². The van der Waals surface area contributed by atoms with E-state index in [0.29, 0.717) is 6.42 Å². The van der Waals surface area contributed by atoms with E-state index in [-0.39, 0.29) is 24.1 Å². The number of rotatable bonds is 9. The van der Waals surface area contributed by atoms with Gasteiger partial charge in [0, 0.05) is 7.11 Å². The first-order chi connectivity index (χ1) is 12.5. The number of ether oxygens (including phenoxy) is 2. The molecule has 0 saturated heterocycles.